The molecule has 2 heterocycles. The second kappa shape index (κ2) is 4.67. The number of benzene rings is 2. The number of fused-ring (bicyclic) bond motifs is 2. The number of hydrogen-bond donors (Lipinski definition) is 0. The lowest BCUT2D eigenvalue weighted by Gasteiger charge is -2.10. The maximum absolute atomic E-state index is 4.87. The molecule has 0 N–H and O–H groups in total. The number of aromatic nitrogens is 2. The van der Waals surface area contributed by atoms with E-state index in [0.29, 0.717) is 0 Å². The lowest BCUT2D eigenvalue weighted by Crippen LogP contribution is -1.91. The molecule has 0 unspecified atom stereocenters. The minimum absolute atomic E-state index is 0.963. The number of para-hydroxylation sites is 2. The molecule has 0 fully saturated rings. The Morgan fingerprint density at radius 1 is 0.762 bits per heavy atom. The molecule has 0 bridgehead atoms. The monoisotopic (exact) mass is 270 g/mol. The standard InChI is InChI=1S/C19H14N2/c1-13-14-7-2-3-11-18(14)21-19-15(13)8-6-9-16(19)17-10-4-5-12-20-17/h2-12H,1H3. The first-order valence-corrected chi connectivity index (χ1v) is 7.04. The van der Waals surface area contributed by atoms with E-state index in [2.05, 4.69) is 48.3 Å². The molecular formula is C19H14N2. The van der Waals surface area contributed by atoms with Crippen molar-refractivity contribution < 1.29 is 0 Å². The van der Waals surface area contributed by atoms with Gasteiger partial charge in [-0.25, -0.2) is 4.98 Å². The zero-order valence-electron chi connectivity index (χ0n) is 11.7. The van der Waals surface area contributed by atoms with Crippen LogP contribution >= 0.6 is 0 Å². The minimum Gasteiger partial charge on any atom is -0.256 e. The molecule has 2 heteroatoms. The molecule has 0 aliphatic rings. The van der Waals surface area contributed by atoms with Gasteiger partial charge < -0.3 is 0 Å². The van der Waals surface area contributed by atoms with E-state index in [0.717, 1.165) is 22.3 Å². The number of nitrogens with zero attached hydrogens (tertiary/aromatic N) is 2. The molecule has 0 spiro atoms. The van der Waals surface area contributed by atoms with E-state index in [-0.39, 0.29) is 0 Å². The van der Waals surface area contributed by atoms with Crippen LogP contribution in [0, 0.1) is 6.92 Å². The van der Waals surface area contributed by atoms with Crippen LogP contribution in [0.4, 0.5) is 0 Å². The molecule has 2 aromatic carbocycles. The molecule has 4 aromatic rings. The van der Waals surface area contributed by atoms with Crippen molar-refractivity contribution in [1.29, 1.82) is 0 Å². The molecule has 0 saturated carbocycles. The maximum Gasteiger partial charge on any atom is 0.0806 e. The van der Waals surface area contributed by atoms with Crippen LogP contribution in [-0.2, 0) is 0 Å². The van der Waals surface area contributed by atoms with Crippen LogP contribution in [-0.4, -0.2) is 9.97 Å². The Balaban J connectivity index is 2.15. The fraction of sp³-hybridized carbons (Fsp3) is 0.0526. The largest absolute Gasteiger partial charge is 0.256 e. The van der Waals surface area contributed by atoms with E-state index in [1.807, 2.05) is 30.5 Å². The van der Waals surface area contributed by atoms with Gasteiger partial charge in [-0.05, 0) is 30.7 Å². The molecule has 0 aliphatic heterocycles. The highest BCUT2D eigenvalue weighted by atomic mass is 14.7. The third-order valence-electron chi connectivity index (χ3n) is 3.92. The highest BCUT2D eigenvalue weighted by Gasteiger charge is 2.10. The average molecular weight is 270 g/mol. The molecular weight excluding hydrogens is 256 g/mol. The topological polar surface area (TPSA) is 25.8 Å². The third kappa shape index (κ3) is 1.88. The van der Waals surface area contributed by atoms with Crippen molar-refractivity contribution in [3.05, 3.63) is 72.4 Å². The SMILES string of the molecule is Cc1c2ccccc2nc2c(-c3ccccn3)cccc12. The summed E-state index contributed by atoms with van der Waals surface area (Å²) in [5.74, 6) is 0. The van der Waals surface area contributed by atoms with Crippen molar-refractivity contribution >= 4 is 21.8 Å². The van der Waals surface area contributed by atoms with Gasteiger partial charge >= 0.3 is 0 Å². The highest BCUT2D eigenvalue weighted by Crippen LogP contribution is 2.31. The lowest BCUT2D eigenvalue weighted by molar-refractivity contribution is 1.32. The van der Waals surface area contributed by atoms with Crippen molar-refractivity contribution in [2.75, 3.05) is 0 Å². The molecule has 4 rings (SSSR count). The normalized spacial score (nSPS) is 11.1. The third-order valence-corrected chi connectivity index (χ3v) is 3.92. The summed E-state index contributed by atoms with van der Waals surface area (Å²) in [5, 5.41) is 2.40. The average Bonchev–Trinajstić information content (AvgIpc) is 2.56. The molecule has 2 aromatic heterocycles. The Bertz CT molecular complexity index is 943. The van der Waals surface area contributed by atoms with Gasteiger partial charge in [0.15, 0.2) is 0 Å². The smallest absolute Gasteiger partial charge is 0.0806 e. The fourth-order valence-corrected chi connectivity index (χ4v) is 2.85. The summed E-state index contributed by atoms with van der Waals surface area (Å²) in [6.45, 7) is 2.16. The van der Waals surface area contributed by atoms with Gasteiger partial charge in [0.25, 0.3) is 0 Å². The Morgan fingerprint density at radius 2 is 1.57 bits per heavy atom. The van der Waals surface area contributed by atoms with Crippen molar-refractivity contribution in [1.82, 2.24) is 9.97 Å². The first-order chi connectivity index (χ1) is 10.3. The van der Waals surface area contributed by atoms with Crippen LogP contribution in [0.25, 0.3) is 33.1 Å². The molecule has 100 valence electrons. The summed E-state index contributed by atoms with van der Waals surface area (Å²) in [6.07, 6.45) is 1.82. The Kier molecular flexibility index (Phi) is 2.68. The van der Waals surface area contributed by atoms with Crippen LogP contribution < -0.4 is 0 Å². The van der Waals surface area contributed by atoms with Gasteiger partial charge in [-0.1, -0.05) is 42.5 Å². The molecule has 2 nitrogen and oxygen atoms in total. The lowest BCUT2D eigenvalue weighted by atomic mass is 10.00. The summed E-state index contributed by atoms with van der Waals surface area (Å²) < 4.78 is 0. The molecule has 21 heavy (non-hydrogen) atoms. The Hall–Kier alpha value is -2.74. The highest BCUT2D eigenvalue weighted by molar-refractivity contribution is 6.02. The predicted molar refractivity (Wildman–Crippen MR) is 87.2 cm³/mol. The van der Waals surface area contributed by atoms with E-state index in [4.69, 9.17) is 4.98 Å². The summed E-state index contributed by atoms with van der Waals surface area (Å²) in [5.41, 5.74) is 5.37. The summed E-state index contributed by atoms with van der Waals surface area (Å²) in [6, 6.07) is 20.6. The molecule has 0 radical (unpaired) electrons. The van der Waals surface area contributed by atoms with Crippen LogP contribution in [0.1, 0.15) is 5.56 Å². The zero-order valence-corrected chi connectivity index (χ0v) is 11.7. The second-order valence-corrected chi connectivity index (χ2v) is 5.17. The fourth-order valence-electron chi connectivity index (χ4n) is 2.85. The number of pyridine rings is 2. The van der Waals surface area contributed by atoms with E-state index in [1.165, 1.54) is 16.3 Å². The van der Waals surface area contributed by atoms with Gasteiger partial charge in [0, 0.05) is 22.5 Å². The zero-order chi connectivity index (χ0) is 14.2. The van der Waals surface area contributed by atoms with E-state index < -0.39 is 0 Å². The van der Waals surface area contributed by atoms with Crippen LogP contribution in [0.15, 0.2) is 66.9 Å². The van der Waals surface area contributed by atoms with Crippen LogP contribution in [0.3, 0.4) is 0 Å². The first-order valence-electron chi connectivity index (χ1n) is 7.04. The molecule has 0 amide bonds. The number of hydrogen-bond acceptors (Lipinski definition) is 2. The molecule has 0 atom stereocenters. The maximum atomic E-state index is 4.87. The van der Waals surface area contributed by atoms with Gasteiger partial charge in [0.2, 0.25) is 0 Å². The predicted octanol–water partition coefficient (Wildman–Crippen LogP) is 4.76. The van der Waals surface area contributed by atoms with Gasteiger partial charge in [0.1, 0.15) is 0 Å². The van der Waals surface area contributed by atoms with E-state index in [9.17, 15) is 0 Å². The Labute approximate surface area is 123 Å². The number of rotatable bonds is 1. The molecule has 0 saturated heterocycles. The minimum atomic E-state index is 0.963. The summed E-state index contributed by atoms with van der Waals surface area (Å²) in [7, 11) is 0. The van der Waals surface area contributed by atoms with Gasteiger partial charge in [-0.15, -0.1) is 0 Å². The van der Waals surface area contributed by atoms with Crippen molar-refractivity contribution in [2.24, 2.45) is 0 Å². The number of aryl methyl sites for hydroxylation is 1. The van der Waals surface area contributed by atoms with Crippen molar-refractivity contribution in [3.63, 3.8) is 0 Å². The summed E-state index contributed by atoms with van der Waals surface area (Å²) >= 11 is 0. The van der Waals surface area contributed by atoms with Gasteiger partial charge in [-0.2, -0.15) is 0 Å². The second-order valence-electron chi connectivity index (χ2n) is 5.17. The van der Waals surface area contributed by atoms with Crippen LogP contribution in [0.2, 0.25) is 0 Å². The van der Waals surface area contributed by atoms with Gasteiger partial charge in [0.05, 0.1) is 16.7 Å². The quantitative estimate of drug-likeness (QED) is 0.466. The van der Waals surface area contributed by atoms with Crippen molar-refractivity contribution in [3.8, 4) is 11.3 Å². The van der Waals surface area contributed by atoms with E-state index in [1.54, 1.807) is 0 Å². The van der Waals surface area contributed by atoms with Crippen LogP contribution in [0.5, 0.6) is 0 Å². The molecule has 0 aliphatic carbocycles. The summed E-state index contributed by atoms with van der Waals surface area (Å²) in [4.78, 5) is 9.34. The Morgan fingerprint density at radius 3 is 2.43 bits per heavy atom. The van der Waals surface area contributed by atoms with E-state index >= 15 is 0 Å². The first kappa shape index (κ1) is 12.0. The van der Waals surface area contributed by atoms with Gasteiger partial charge in [-0.3, -0.25) is 4.98 Å². The van der Waals surface area contributed by atoms with Crippen molar-refractivity contribution in [2.45, 2.75) is 6.92 Å².